The molecule has 0 amide bonds. The number of hydrogen-bond donors (Lipinski definition) is 0. The summed E-state index contributed by atoms with van der Waals surface area (Å²) in [4.78, 5) is 0. The maximum absolute atomic E-state index is 15.5. The number of aromatic nitrogens is 1. The van der Waals surface area contributed by atoms with Gasteiger partial charge in [0, 0.05) is 34.9 Å². The van der Waals surface area contributed by atoms with Crippen LogP contribution in [0.2, 0.25) is 10.0 Å². The summed E-state index contributed by atoms with van der Waals surface area (Å²) in [6.07, 6.45) is 1.80. The minimum atomic E-state index is -3.98. The molecular weight excluding hydrogens is 376 g/mol. The Labute approximate surface area is 161 Å². The van der Waals surface area contributed by atoms with Gasteiger partial charge >= 0.3 is 6.97 Å². The summed E-state index contributed by atoms with van der Waals surface area (Å²) in [6.45, 7) is 3.16. The van der Waals surface area contributed by atoms with E-state index in [0.29, 0.717) is 38.4 Å². The van der Waals surface area contributed by atoms with Crippen LogP contribution < -0.4 is 0 Å². The Balaban J connectivity index is 2.20. The number of halogens is 4. The van der Waals surface area contributed by atoms with Gasteiger partial charge < -0.3 is 17.6 Å². The van der Waals surface area contributed by atoms with Crippen LogP contribution in [0.1, 0.15) is 36.4 Å². The van der Waals surface area contributed by atoms with Crippen molar-refractivity contribution in [3.63, 3.8) is 0 Å². The van der Waals surface area contributed by atoms with Gasteiger partial charge in [0.05, 0.1) is 10.6 Å². The lowest BCUT2D eigenvalue weighted by atomic mass is 9.84. The third-order valence-electron chi connectivity index (χ3n) is 5.13. The fraction of sp³-hybridized carbons (Fsp3) is 0.211. The Hall–Kier alpha value is -1.85. The van der Waals surface area contributed by atoms with Crippen LogP contribution in [0.3, 0.4) is 0 Å². The molecule has 0 bridgehead atoms. The molecule has 4 rings (SSSR count). The highest BCUT2D eigenvalue weighted by atomic mass is 35.5. The van der Waals surface area contributed by atoms with E-state index < -0.39 is 6.97 Å². The fourth-order valence-corrected chi connectivity index (χ4v) is 4.75. The predicted octanol–water partition coefficient (Wildman–Crippen LogP) is 5.84. The number of benzene rings is 1. The molecule has 7 heteroatoms. The highest BCUT2D eigenvalue weighted by Crippen LogP contribution is 2.45. The van der Waals surface area contributed by atoms with Gasteiger partial charge in [-0.1, -0.05) is 29.3 Å². The van der Waals surface area contributed by atoms with Gasteiger partial charge in [-0.2, -0.15) is 0 Å². The summed E-state index contributed by atoms with van der Waals surface area (Å²) in [5, 5.41) is 0.955. The van der Waals surface area contributed by atoms with E-state index in [-0.39, 0.29) is 0 Å². The molecule has 2 aliphatic heterocycles. The first-order chi connectivity index (χ1) is 12.1. The Bertz CT molecular complexity index is 1080. The van der Waals surface area contributed by atoms with Gasteiger partial charge in [0.2, 0.25) is 0 Å². The minimum Gasteiger partial charge on any atom is -0.393 e. The molecule has 0 N–H and O–H groups in total. The monoisotopic (exact) mass is 392 g/mol. The number of fused-ring (bicyclic) bond motifs is 2. The van der Waals surface area contributed by atoms with Crippen LogP contribution in [0, 0.1) is 13.8 Å². The van der Waals surface area contributed by atoms with Gasteiger partial charge in [-0.05, 0) is 50.2 Å². The third-order valence-corrected chi connectivity index (χ3v) is 5.68. The normalized spacial score (nSPS) is 18.2. The van der Waals surface area contributed by atoms with Crippen molar-refractivity contribution in [2.75, 3.05) is 0 Å². The quantitative estimate of drug-likeness (QED) is 0.538. The molecular formula is C19H17BCl2F2N2. The second kappa shape index (κ2) is 5.57. The highest BCUT2D eigenvalue weighted by molar-refractivity contribution is 6.58. The summed E-state index contributed by atoms with van der Waals surface area (Å²) >= 11 is 12.5. The lowest BCUT2D eigenvalue weighted by molar-refractivity contribution is -0.363. The number of hydrogen-bond acceptors (Lipinski definition) is 0. The first kappa shape index (κ1) is 17.6. The molecule has 0 spiro atoms. The lowest BCUT2D eigenvalue weighted by Gasteiger charge is -2.34. The van der Waals surface area contributed by atoms with Crippen LogP contribution in [0.4, 0.5) is 8.63 Å². The summed E-state index contributed by atoms with van der Waals surface area (Å²) in [7, 11) is 0. The van der Waals surface area contributed by atoms with Crippen molar-refractivity contribution in [3.8, 4) is 0 Å². The average molecular weight is 393 g/mol. The van der Waals surface area contributed by atoms with Crippen molar-refractivity contribution in [2.45, 2.75) is 27.7 Å². The smallest absolute Gasteiger partial charge is 0.393 e. The highest BCUT2D eigenvalue weighted by Gasteiger charge is 2.55. The summed E-state index contributed by atoms with van der Waals surface area (Å²) in [6, 6.07) is 6.98. The zero-order valence-corrected chi connectivity index (χ0v) is 16.4. The van der Waals surface area contributed by atoms with E-state index in [1.54, 1.807) is 44.2 Å². The maximum Gasteiger partial charge on any atom is 0.737 e. The molecule has 2 aromatic rings. The van der Waals surface area contributed by atoms with Crippen molar-refractivity contribution < 1.29 is 13.1 Å². The van der Waals surface area contributed by atoms with Crippen LogP contribution in [-0.2, 0) is 0 Å². The molecule has 2 aliphatic rings. The lowest BCUT2D eigenvalue weighted by Crippen LogP contribution is -2.51. The van der Waals surface area contributed by atoms with Gasteiger partial charge in [-0.3, -0.25) is 0 Å². The number of nitrogens with zero attached hydrogens (tertiary/aromatic N) is 2. The molecule has 2 nitrogen and oxygen atoms in total. The molecule has 0 atom stereocenters. The van der Waals surface area contributed by atoms with Crippen LogP contribution in [0.15, 0.2) is 41.6 Å². The largest absolute Gasteiger partial charge is 0.737 e. The first-order valence-corrected chi connectivity index (χ1v) is 9.12. The van der Waals surface area contributed by atoms with Crippen molar-refractivity contribution in [2.24, 2.45) is 0 Å². The van der Waals surface area contributed by atoms with Crippen LogP contribution in [0.25, 0.3) is 5.57 Å². The molecule has 0 radical (unpaired) electrons. The van der Waals surface area contributed by atoms with Crippen molar-refractivity contribution in [1.82, 2.24) is 4.48 Å². The van der Waals surface area contributed by atoms with E-state index >= 15 is 8.63 Å². The van der Waals surface area contributed by atoms with E-state index in [1.807, 2.05) is 13.8 Å². The van der Waals surface area contributed by atoms with Crippen LogP contribution >= 0.6 is 23.2 Å². The van der Waals surface area contributed by atoms with E-state index in [0.717, 1.165) is 25.7 Å². The summed E-state index contributed by atoms with van der Waals surface area (Å²) < 4.78 is 33.3. The Kier molecular flexibility index (Phi) is 3.77. The van der Waals surface area contributed by atoms with Crippen LogP contribution in [-0.4, -0.2) is 21.6 Å². The maximum atomic E-state index is 15.5. The first-order valence-electron chi connectivity index (χ1n) is 8.37. The Morgan fingerprint density at radius 2 is 1.73 bits per heavy atom. The second-order valence-electron chi connectivity index (χ2n) is 6.96. The van der Waals surface area contributed by atoms with E-state index in [1.165, 1.54) is 0 Å². The Morgan fingerprint density at radius 3 is 2.38 bits per heavy atom. The molecule has 0 fully saturated rings. The molecule has 3 heterocycles. The van der Waals surface area contributed by atoms with Crippen molar-refractivity contribution in [1.29, 1.82) is 0 Å². The number of aryl methyl sites for hydroxylation is 2. The van der Waals surface area contributed by atoms with E-state index in [2.05, 4.69) is 0 Å². The average Bonchev–Trinajstić information content (AvgIpc) is 2.99. The van der Waals surface area contributed by atoms with E-state index in [9.17, 15) is 0 Å². The van der Waals surface area contributed by atoms with Crippen LogP contribution in [0.5, 0.6) is 0 Å². The molecule has 0 saturated heterocycles. The van der Waals surface area contributed by atoms with Gasteiger partial charge in [0.1, 0.15) is 5.71 Å². The van der Waals surface area contributed by atoms with Gasteiger partial charge in [0.15, 0.2) is 5.70 Å². The number of allylic oxidation sites excluding steroid dienone is 2. The second-order valence-corrected chi connectivity index (χ2v) is 7.81. The molecule has 1 aromatic carbocycles. The Morgan fingerprint density at radius 1 is 1.04 bits per heavy atom. The summed E-state index contributed by atoms with van der Waals surface area (Å²) in [5.41, 5.74) is 5.12. The molecule has 134 valence electrons. The predicted molar refractivity (Wildman–Crippen MR) is 104 cm³/mol. The van der Waals surface area contributed by atoms with Crippen molar-refractivity contribution >= 4 is 41.5 Å². The fourth-order valence-electron chi connectivity index (χ4n) is 4.25. The van der Waals surface area contributed by atoms with Crippen molar-refractivity contribution in [3.05, 3.63) is 74.2 Å². The zero-order chi connectivity index (χ0) is 19.0. The zero-order valence-electron chi connectivity index (χ0n) is 14.9. The summed E-state index contributed by atoms with van der Waals surface area (Å²) in [5.74, 6) is 0. The molecule has 0 unspecified atom stereocenters. The van der Waals surface area contributed by atoms with Gasteiger partial charge in [0.25, 0.3) is 0 Å². The topological polar surface area (TPSA) is 7.94 Å². The SMILES string of the molecule is CC1=CC(C)=[N+]2C1=C(c1ccc(Cl)cc1Cl)c1c(C)cc(C)n1[B-]2(F)F. The molecule has 0 saturated carbocycles. The third kappa shape index (κ3) is 2.20. The molecule has 1 aromatic heterocycles. The standard InChI is InChI=1S/C19H17BCl2F2N2/c1-10-7-12(3)25-18(10)17(15-6-5-14(21)9-16(15)22)19-11(2)8-13(4)26(19)20(25,23)24/h5-9H,1-4H3. The van der Waals surface area contributed by atoms with Gasteiger partial charge in [-0.15, -0.1) is 0 Å². The van der Waals surface area contributed by atoms with Gasteiger partial charge in [-0.25, -0.2) is 0 Å². The molecule has 0 aliphatic carbocycles. The number of rotatable bonds is 1. The van der Waals surface area contributed by atoms with E-state index in [4.69, 9.17) is 23.2 Å². The molecule has 26 heavy (non-hydrogen) atoms. The minimum absolute atomic E-state index is 0.444.